The fourth-order valence-corrected chi connectivity index (χ4v) is 3.14. The fourth-order valence-electron chi connectivity index (χ4n) is 3.14. The van der Waals surface area contributed by atoms with Gasteiger partial charge in [0.2, 0.25) is 0 Å². The molecule has 3 heteroatoms. The van der Waals surface area contributed by atoms with E-state index < -0.39 is 0 Å². The van der Waals surface area contributed by atoms with Crippen molar-refractivity contribution < 1.29 is 0 Å². The van der Waals surface area contributed by atoms with Crippen molar-refractivity contribution in [3.05, 3.63) is 18.0 Å². The van der Waals surface area contributed by atoms with Crippen molar-refractivity contribution in [2.75, 3.05) is 6.54 Å². The average molecular weight is 235 g/mol. The lowest BCUT2D eigenvalue weighted by Crippen LogP contribution is -2.29. The average Bonchev–Trinajstić information content (AvgIpc) is 2.77. The van der Waals surface area contributed by atoms with Gasteiger partial charge in [-0.05, 0) is 43.7 Å². The van der Waals surface area contributed by atoms with Crippen molar-refractivity contribution in [1.29, 1.82) is 0 Å². The van der Waals surface area contributed by atoms with Crippen LogP contribution in [0.4, 0.5) is 0 Å². The van der Waals surface area contributed by atoms with Crippen LogP contribution in [0.15, 0.2) is 12.3 Å². The summed E-state index contributed by atoms with van der Waals surface area (Å²) >= 11 is 0. The van der Waals surface area contributed by atoms with E-state index in [1.807, 2.05) is 6.20 Å². The number of aryl methyl sites for hydroxylation is 1. The molecule has 1 aliphatic carbocycles. The lowest BCUT2D eigenvalue weighted by atomic mass is 9.73. The van der Waals surface area contributed by atoms with E-state index in [0.717, 1.165) is 25.4 Å². The van der Waals surface area contributed by atoms with Crippen LogP contribution in [0, 0.1) is 11.8 Å². The Morgan fingerprint density at radius 1 is 1.47 bits per heavy atom. The molecule has 0 amide bonds. The van der Waals surface area contributed by atoms with Crippen LogP contribution in [0.3, 0.4) is 0 Å². The van der Waals surface area contributed by atoms with Gasteiger partial charge >= 0.3 is 0 Å². The highest BCUT2D eigenvalue weighted by molar-refractivity contribution is 5.11. The van der Waals surface area contributed by atoms with Gasteiger partial charge in [0.1, 0.15) is 0 Å². The molecule has 1 aliphatic rings. The van der Waals surface area contributed by atoms with Gasteiger partial charge in [0, 0.05) is 24.4 Å². The van der Waals surface area contributed by atoms with Crippen molar-refractivity contribution in [2.45, 2.75) is 52.0 Å². The summed E-state index contributed by atoms with van der Waals surface area (Å²) < 4.78 is 2.19. The van der Waals surface area contributed by atoms with Crippen LogP contribution in [0.25, 0.3) is 0 Å². The number of hydrogen-bond donors (Lipinski definition) is 1. The second-order valence-corrected chi connectivity index (χ2v) is 5.50. The summed E-state index contributed by atoms with van der Waals surface area (Å²) in [6.07, 6.45) is 6.97. The molecular weight excluding hydrogens is 210 g/mol. The molecule has 1 aromatic heterocycles. The molecule has 3 unspecified atom stereocenters. The second-order valence-electron chi connectivity index (χ2n) is 5.50. The van der Waals surface area contributed by atoms with E-state index in [1.54, 1.807) is 0 Å². The maximum Gasteiger partial charge on any atom is 0.0492 e. The molecular formula is C14H25N3. The Bertz CT molecular complexity index is 345. The maximum absolute atomic E-state index is 5.94. The molecule has 3 atom stereocenters. The van der Waals surface area contributed by atoms with E-state index in [2.05, 4.69) is 29.7 Å². The van der Waals surface area contributed by atoms with Gasteiger partial charge in [-0.2, -0.15) is 5.10 Å². The number of rotatable bonds is 4. The van der Waals surface area contributed by atoms with Gasteiger partial charge in [0.15, 0.2) is 0 Å². The lowest BCUT2D eigenvalue weighted by molar-refractivity contribution is 0.243. The molecule has 0 radical (unpaired) electrons. The van der Waals surface area contributed by atoms with Crippen LogP contribution in [0.1, 0.15) is 51.1 Å². The maximum atomic E-state index is 5.94. The first kappa shape index (κ1) is 12.6. The van der Waals surface area contributed by atoms with Gasteiger partial charge in [-0.15, -0.1) is 0 Å². The standard InChI is InChI=1S/C14H25N3/c1-3-8-17-14(6-7-16-17)13-9-11(2)4-5-12(13)10-15/h6-7,11-13H,3-5,8-10,15H2,1-2H3. The Balaban J connectivity index is 2.19. The topological polar surface area (TPSA) is 43.8 Å². The summed E-state index contributed by atoms with van der Waals surface area (Å²) in [6, 6.07) is 2.20. The van der Waals surface area contributed by atoms with Crippen molar-refractivity contribution in [2.24, 2.45) is 17.6 Å². The van der Waals surface area contributed by atoms with Crippen LogP contribution in [-0.4, -0.2) is 16.3 Å². The Hall–Kier alpha value is -0.830. The Morgan fingerprint density at radius 2 is 2.29 bits per heavy atom. The molecule has 0 aliphatic heterocycles. The quantitative estimate of drug-likeness (QED) is 0.872. The summed E-state index contributed by atoms with van der Waals surface area (Å²) in [5.41, 5.74) is 7.35. The third kappa shape index (κ3) is 2.71. The third-order valence-corrected chi connectivity index (χ3v) is 4.12. The van der Waals surface area contributed by atoms with E-state index in [1.165, 1.54) is 25.0 Å². The molecule has 0 spiro atoms. The molecule has 2 N–H and O–H groups in total. The first-order chi connectivity index (χ1) is 8.26. The summed E-state index contributed by atoms with van der Waals surface area (Å²) in [5, 5.41) is 4.45. The first-order valence-electron chi connectivity index (χ1n) is 6.98. The van der Waals surface area contributed by atoms with Crippen molar-refractivity contribution in [3.8, 4) is 0 Å². The highest BCUT2D eigenvalue weighted by Gasteiger charge is 2.30. The van der Waals surface area contributed by atoms with E-state index in [-0.39, 0.29) is 0 Å². The molecule has 1 saturated carbocycles. The third-order valence-electron chi connectivity index (χ3n) is 4.12. The summed E-state index contributed by atoms with van der Waals surface area (Å²) in [5.74, 6) is 2.10. The SMILES string of the molecule is CCCn1nccc1C1CC(C)CCC1CN. The molecule has 3 nitrogen and oxygen atoms in total. The Morgan fingerprint density at radius 3 is 3.00 bits per heavy atom. The monoisotopic (exact) mass is 235 g/mol. The molecule has 1 fully saturated rings. The summed E-state index contributed by atoms with van der Waals surface area (Å²) in [7, 11) is 0. The second kappa shape index (κ2) is 5.67. The van der Waals surface area contributed by atoms with Gasteiger partial charge in [-0.1, -0.05) is 20.3 Å². The van der Waals surface area contributed by atoms with Gasteiger partial charge in [-0.3, -0.25) is 4.68 Å². The number of nitrogens with zero attached hydrogens (tertiary/aromatic N) is 2. The van der Waals surface area contributed by atoms with Crippen molar-refractivity contribution >= 4 is 0 Å². The molecule has 0 saturated heterocycles. The smallest absolute Gasteiger partial charge is 0.0492 e. The first-order valence-corrected chi connectivity index (χ1v) is 6.98. The summed E-state index contributed by atoms with van der Waals surface area (Å²) in [4.78, 5) is 0. The molecule has 0 bridgehead atoms. The van der Waals surface area contributed by atoms with Crippen LogP contribution in [0.5, 0.6) is 0 Å². The summed E-state index contributed by atoms with van der Waals surface area (Å²) in [6.45, 7) is 6.41. The minimum absolute atomic E-state index is 0.623. The minimum Gasteiger partial charge on any atom is -0.330 e. The molecule has 2 rings (SSSR count). The highest BCUT2D eigenvalue weighted by atomic mass is 15.3. The van der Waals surface area contributed by atoms with Crippen molar-refractivity contribution in [1.82, 2.24) is 9.78 Å². The Kier molecular flexibility index (Phi) is 4.21. The van der Waals surface area contributed by atoms with Crippen LogP contribution in [-0.2, 0) is 6.54 Å². The molecule has 17 heavy (non-hydrogen) atoms. The van der Waals surface area contributed by atoms with Gasteiger partial charge in [0.05, 0.1) is 0 Å². The van der Waals surface area contributed by atoms with Crippen molar-refractivity contribution in [3.63, 3.8) is 0 Å². The van der Waals surface area contributed by atoms with E-state index in [9.17, 15) is 0 Å². The Labute approximate surface area is 104 Å². The predicted molar refractivity (Wildman–Crippen MR) is 70.8 cm³/mol. The number of nitrogens with two attached hydrogens (primary N) is 1. The van der Waals surface area contributed by atoms with Gasteiger partial charge < -0.3 is 5.73 Å². The predicted octanol–water partition coefficient (Wildman–Crippen LogP) is 2.77. The lowest BCUT2D eigenvalue weighted by Gasteiger charge is -2.34. The zero-order chi connectivity index (χ0) is 12.3. The number of hydrogen-bond acceptors (Lipinski definition) is 2. The number of aromatic nitrogens is 2. The largest absolute Gasteiger partial charge is 0.330 e. The minimum atomic E-state index is 0.623. The van der Waals surface area contributed by atoms with Crippen LogP contribution < -0.4 is 5.73 Å². The fraction of sp³-hybridized carbons (Fsp3) is 0.786. The molecule has 1 aromatic rings. The van der Waals surface area contributed by atoms with E-state index in [4.69, 9.17) is 5.73 Å². The zero-order valence-corrected chi connectivity index (χ0v) is 11.1. The van der Waals surface area contributed by atoms with Crippen LogP contribution in [0.2, 0.25) is 0 Å². The van der Waals surface area contributed by atoms with Gasteiger partial charge in [-0.25, -0.2) is 0 Å². The highest BCUT2D eigenvalue weighted by Crippen LogP contribution is 2.39. The molecule has 1 heterocycles. The van der Waals surface area contributed by atoms with E-state index >= 15 is 0 Å². The zero-order valence-electron chi connectivity index (χ0n) is 11.1. The molecule has 96 valence electrons. The van der Waals surface area contributed by atoms with Crippen LogP contribution >= 0.6 is 0 Å². The van der Waals surface area contributed by atoms with E-state index in [0.29, 0.717) is 11.8 Å². The van der Waals surface area contributed by atoms with Gasteiger partial charge in [0.25, 0.3) is 0 Å². The molecule has 0 aromatic carbocycles. The normalized spacial score (nSPS) is 29.5.